The normalized spacial score (nSPS) is 16.0. The first-order chi connectivity index (χ1) is 11.5. The van der Waals surface area contributed by atoms with Gasteiger partial charge in [0.2, 0.25) is 0 Å². The number of nitrogens with zero attached hydrogens (tertiary/aromatic N) is 1. The summed E-state index contributed by atoms with van der Waals surface area (Å²) in [6.07, 6.45) is 3.17. The molecule has 0 radical (unpaired) electrons. The van der Waals surface area contributed by atoms with E-state index in [1.807, 2.05) is 18.2 Å². The van der Waals surface area contributed by atoms with Crippen LogP contribution in [0.2, 0.25) is 0 Å². The fraction of sp³-hybridized carbons (Fsp3) is 0.263. The fourth-order valence-electron chi connectivity index (χ4n) is 2.84. The van der Waals surface area contributed by atoms with Crippen molar-refractivity contribution < 1.29 is 8.42 Å². The van der Waals surface area contributed by atoms with Crippen molar-refractivity contribution in [3.63, 3.8) is 0 Å². The molecule has 1 heterocycles. The molecule has 0 aromatic heterocycles. The zero-order valence-corrected chi connectivity index (χ0v) is 15.8. The molecular formula is C19H20BrNO2S. The van der Waals surface area contributed by atoms with Crippen LogP contribution in [0.4, 0.5) is 0 Å². The summed E-state index contributed by atoms with van der Waals surface area (Å²) in [6, 6.07) is 17.2. The minimum atomic E-state index is -3.23. The zero-order chi connectivity index (χ0) is 17.0. The van der Waals surface area contributed by atoms with E-state index >= 15 is 0 Å². The summed E-state index contributed by atoms with van der Waals surface area (Å²) >= 11 is 3.33. The van der Waals surface area contributed by atoms with Crippen LogP contribution in [0.1, 0.15) is 12.0 Å². The van der Waals surface area contributed by atoms with Gasteiger partial charge < -0.3 is 0 Å². The summed E-state index contributed by atoms with van der Waals surface area (Å²) in [5.74, 6) is 0.156. The topological polar surface area (TPSA) is 37.4 Å². The van der Waals surface area contributed by atoms with Crippen molar-refractivity contribution in [3.05, 3.63) is 70.7 Å². The monoisotopic (exact) mass is 405 g/mol. The van der Waals surface area contributed by atoms with Crippen molar-refractivity contribution in [3.8, 4) is 0 Å². The molecule has 2 aromatic rings. The van der Waals surface area contributed by atoms with Gasteiger partial charge in [0.15, 0.2) is 9.84 Å². The third kappa shape index (κ3) is 4.35. The third-order valence-corrected chi connectivity index (χ3v) is 6.53. The Labute approximate surface area is 152 Å². The van der Waals surface area contributed by atoms with E-state index in [0.717, 1.165) is 24.0 Å². The average molecular weight is 406 g/mol. The van der Waals surface area contributed by atoms with Crippen LogP contribution in [0.15, 0.2) is 70.0 Å². The number of halogens is 1. The van der Waals surface area contributed by atoms with Crippen molar-refractivity contribution in [2.75, 3.05) is 25.4 Å². The predicted octanol–water partition coefficient (Wildman–Crippen LogP) is 4.01. The summed E-state index contributed by atoms with van der Waals surface area (Å²) < 4.78 is 25.7. The van der Waals surface area contributed by atoms with E-state index in [9.17, 15) is 8.42 Å². The lowest BCUT2D eigenvalue weighted by atomic mass is 10.00. The Bertz CT molecular complexity index is 814. The van der Waals surface area contributed by atoms with Gasteiger partial charge in [-0.2, -0.15) is 0 Å². The summed E-state index contributed by atoms with van der Waals surface area (Å²) in [6.45, 7) is 2.27. The van der Waals surface area contributed by atoms with Crippen LogP contribution in [0, 0.1) is 0 Å². The number of rotatable bonds is 5. The van der Waals surface area contributed by atoms with Gasteiger partial charge in [0.25, 0.3) is 0 Å². The van der Waals surface area contributed by atoms with E-state index in [1.165, 1.54) is 11.1 Å². The first-order valence-corrected chi connectivity index (χ1v) is 10.4. The van der Waals surface area contributed by atoms with Crippen molar-refractivity contribution in [1.82, 2.24) is 4.90 Å². The highest BCUT2D eigenvalue weighted by Gasteiger charge is 2.18. The van der Waals surface area contributed by atoms with Crippen LogP contribution >= 0.6 is 15.9 Å². The molecule has 2 aromatic carbocycles. The predicted molar refractivity (Wildman–Crippen MR) is 102 cm³/mol. The molecule has 0 unspecified atom stereocenters. The quantitative estimate of drug-likeness (QED) is 0.753. The summed E-state index contributed by atoms with van der Waals surface area (Å²) in [5.41, 5.74) is 2.61. The molecule has 3 nitrogen and oxygen atoms in total. The molecule has 1 aliphatic heterocycles. The van der Waals surface area contributed by atoms with Crippen molar-refractivity contribution in [1.29, 1.82) is 0 Å². The van der Waals surface area contributed by atoms with Crippen LogP contribution in [0.5, 0.6) is 0 Å². The van der Waals surface area contributed by atoms with Gasteiger partial charge in [-0.05, 0) is 41.8 Å². The Morgan fingerprint density at radius 2 is 1.71 bits per heavy atom. The van der Waals surface area contributed by atoms with Crippen molar-refractivity contribution in [2.45, 2.75) is 11.3 Å². The van der Waals surface area contributed by atoms with E-state index in [0.29, 0.717) is 11.4 Å². The van der Waals surface area contributed by atoms with Gasteiger partial charge in [-0.1, -0.05) is 52.3 Å². The van der Waals surface area contributed by atoms with Gasteiger partial charge in [0, 0.05) is 24.1 Å². The molecule has 0 amide bonds. The van der Waals surface area contributed by atoms with Gasteiger partial charge in [-0.15, -0.1) is 0 Å². The molecular weight excluding hydrogens is 386 g/mol. The standard InChI is InChI=1S/C19H20BrNO2S/c20-18-6-8-19(9-7-18)24(22,23)15-14-21-12-10-17(11-13-21)16-4-2-1-3-5-16/h1-10H,11-15H2. The Balaban J connectivity index is 1.58. The van der Waals surface area contributed by atoms with Crippen LogP contribution in [-0.2, 0) is 9.84 Å². The molecule has 0 spiro atoms. The molecule has 3 rings (SSSR count). The van der Waals surface area contributed by atoms with E-state index in [-0.39, 0.29) is 5.75 Å². The molecule has 0 bridgehead atoms. The highest BCUT2D eigenvalue weighted by molar-refractivity contribution is 9.10. The molecule has 24 heavy (non-hydrogen) atoms. The van der Waals surface area contributed by atoms with E-state index in [1.54, 1.807) is 24.3 Å². The minimum absolute atomic E-state index is 0.156. The van der Waals surface area contributed by atoms with Crippen LogP contribution in [0.3, 0.4) is 0 Å². The maximum atomic E-state index is 12.4. The maximum absolute atomic E-state index is 12.4. The Morgan fingerprint density at radius 3 is 2.33 bits per heavy atom. The average Bonchev–Trinajstić information content (AvgIpc) is 2.62. The number of sulfone groups is 1. The molecule has 0 saturated carbocycles. The largest absolute Gasteiger partial charge is 0.298 e. The maximum Gasteiger partial charge on any atom is 0.179 e. The first-order valence-electron chi connectivity index (χ1n) is 8.00. The lowest BCUT2D eigenvalue weighted by Crippen LogP contribution is -2.33. The van der Waals surface area contributed by atoms with Gasteiger partial charge in [-0.25, -0.2) is 8.42 Å². The van der Waals surface area contributed by atoms with Crippen LogP contribution in [0.25, 0.3) is 5.57 Å². The lowest BCUT2D eigenvalue weighted by molar-refractivity contribution is 0.319. The van der Waals surface area contributed by atoms with Crippen LogP contribution < -0.4 is 0 Å². The Hall–Kier alpha value is -1.43. The van der Waals surface area contributed by atoms with E-state index in [4.69, 9.17) is 0 Å². The highest BCUT2D eigenvalue weighted by atomic mass is 79.9. The molecule has 0 aliphatic carbocycles. The third-order valence-electron chi connectivity index (χ3n) is 4.29. The Kier molecular flexibility index (Phi) is 5.54. The summed E-state index contributed by atoms with van der Waals surface area (Å²) in [7, 11) is -3.23. The minimum Gasteiger partial charge on any atom is -0.298 e. The van der Waals surface area contributed by atoms with Crippen LogP contribution in [-0.4, -0.2) is 38.7 Å². The molecule has 0 N–H and O–H groups in total. The zero-order valence-electron chi connectivity index (χ0n) is 13.4. The van der Waals surface area contributed by atoms with E-state index < -0.39 is 9.84 Å². The molecule has 126 valence electrons. The van der Waals surface area contributed by atoms with Gasteiger partial charge in [0.05, 0.1) is 10.6 Å². The molecule has 0 atom stereocenters. The second kappa shape index (κ2) is 7.64. The second-order valence-electron chi connectivity index (χ2n) is 5.92. The van der Waals surface area contributed by atoms with Gasteiger partial charge in [-0.3, -0.25) is 4.90 Å². The molecule has 1 aliphatic rings. The SMILES string of the molecule is O=S(=O)(CCN1CC=C(c2ccccc2)CC1)c1ccc(Br)cc1. The first kappa shape index (κ1) is 17.4. The van der Waals surface area contributed by atoms with Crippen molar-refractivity contribution in [2.24, 2.45) is 0 Å². The smallest absolute Gasteiger partial charge is 0.179 e. The molecule has 5 heteroatoms. The number of hydrogen-bond donors (Lipinski definition) is 0. The lowest BCUT2D eigenvalue weighted by Gasteiger charge is -2.26. The fourth-order valence-corrected chi connectivity index (χ4v) is 4.39. The summed E-state index contributed by atoms with van der Waals surface area (Å²) in [5, 5.41) is 0. The molecule has 0 fully saturated rings. The second-order valence-corrected chi connectivity index (χ2v) is 8.94. The van der Waals surface area contributed by atoms with E-state index in [2.05, 4.69) is 39.0 Å². The highest BCUT2D eigenvalue weighted by Crippen LogP contribution is 2.22. The van der Waals surface area contributed by atoms with Gasteiger partial charge in [0.1, 0.15) is 0 Å². The van der Waals surface area contributed by atoms with Gasteiger partial charge >= 0.3 is 0 Å². The summed E-state index contributed by atoms with van der Waals surface area (Å²) in [4.78, 5) is 2.59. The van der Waals surface area contributed by atoms with Crippen molar-refractivity contribution >= 4 is 31.3 Å². The number of hydrogen-bond acceptors (Lipinski definition) is 3. The molecule has 0 saturated heterocycles. The Morgan fingerprint density at radius 1 is 1.00 bits per heavy atom. The number of benzene rings is 2.